The fourth-order valence-corrected chi connectivity index (χ4v) is 1.40. The molecule has 1 heterocycles. The van der Waals surface area contributed by atoms with E-state index in [9.17, 15) is 8.78 Å². The molecule has 0 atom stereocenters. The van der Waals surface area contributed by atoms with Crippen LogP contribution in [0.4, 0.5) is 8.78 Å². The van der Waals surface area contributed by atoms with Crippen LogP contribution in [0.25, 0.3) is 0 Å². The molecule has 0 unspecified atom stereocenters. The molecule has 0 saturated heterocycles. The van der Waals surface area contributed by atoms with E-state index < -0.39 is 6.43 Å². The number of aryl methyl sites for hydroxylation is 1. The Bertz CT molecular complexity index is 315. The van der Waals surface area contributed by atoms with E-state index in [1.165, 1.54) is 6.07 Å². The summed E-state index contributed by atoms with van der Waals surface area (Å²) >= 11 is 5.65. The van der Waals surface area contributed by atoms with Crippen molar-refractivity contribution in [1.29, 1.82) is 0 Å². The summed E-state index contributed by atoms with van der Waals surface area (Å²) in [5, 5.41) is 0.0674. The van der Waals surface area contributed by atoms with Crippen LogP contribution < -0.4 is 5.73 Å². The van der Waals surface area contributed by atoms with Crippen LogP contribution in [-0.4, -0.2) is 4.98 Å². The minimum Gasteiger partial charge on any atom is -0.326 e. The maximum atomic E-state index is 12.4. The van der Waals surface area contributed by atoms with Gasteiger partial charge in [-0.25, -0.2) is 13.8 Å². The molecule has 0 amide bonds. The first-order valence-corrected chi connectivity index (χ1v) is 4.08. The van der Waals surface area contributed by atoms with E-state index in [1.807, 2.05) is 0 Å². The Balaban J connectivity index is 3.29. The Morgan fingerprint density at radius 1 is 1.62 bits per heavy atom. The Labute approximate surface area is 79.7 Å². The van der Waals surface area contributed by atoms with Gasteiger partial charge in [0.25, 0.3) is 6.43 Å². The van der Waals surface area contributed by atoms with E-state index in [0.717, 1.165) is 0 Å². The molecule has 0 saturated carbocycles. The Kier molecular flexibility index (Phi) is 3.17. The number of alkyl halides is 2. The van der Waals surface area contributed by atoms with Gasteiger partial charge in [0.05, 0.1) is 0 Å². The molecular weight excluding hydrogens is 198 g/mol. The van der Waals surface area contributed by atoms with Crippen LogP contribution in [-0.2, 0) is 6.54 Å². The Morgan fingerprint density at radius 3 is 2.69 bits per heavy atom. The Morgan fingerprint density at radius 2 is 2.23 bits per heavy atom. The van der Waals surface area contributed by atoms with Gasteiger partial charge in [-0.2, -0.15) is 0 Å². The van der Waals surface area contributed by atoms with Crippen molar-refractivity contribution >= 4 is 11.6 Å². The first kappa shape index (κ1) is 10.3. The molecule has 0 spiro atoms. The minimum atomic E-state index is -2.56. The molecule has 0 aliphatic carbocycles. The van der Waals surface area contributed by atoms with Crippen LogP contribution in [0.1, 0.15) is 23.2 Å². The van der Waals surface area contributed by atoms with Gasteiger partial charge >= 0.3 is 0 Å². The lowest BCUT2D eigenvalue weighted by atomic mass is 10.1. The van der Waals surface area contributed by atoms with Gasteiger partial charge in [0.1, 0.15) is 5.15 Å². The molecule has 0 fully saturated rings. The topological polar surface area (TPSA) is 38.9 Å². The number of pyridine rings is 1. The van der Waals surface area contributed by atoms with E-state index in [2.05, 4.69) is 4.98 Å². The molecule has 0 aliphatic heterocycles. The molecule has 0 bridgehead atoms. The highest BCUT2D eigenvalue weighted by Crippen LogP contribution is 2.27. The summed E-state index contributed by atoms with van der Waals surface area (Å²) in [6.07, 6.45) is -2.56. The Hall–Kier alpha value is -0.740. The summed E-state index contributed by atoms with van der Waals surface area (Å²) in [4.78, 5) is 3.84. The lowest BCUT2D eigenvalue weighted by molar-refractivity contribution is 0.150. The zero-order valence-corrected chi connectivity index (χ0v) is 7.78. The lowest BCUT2D eigenvalue weighted by Crippen LogP contribution is -2.05. The van der Waals surface area contributed by atoms with Gasteiger partial charge < -0.3 is 5.73 Å². The molecule has 1 rings (SSSR count). The molecule has 2 nitrogen and oxygen atoms in total. The second kappa shape index (κ2) is 3.98. The summed E-state index contributed by atoms with van der Waals surface area (Å²) in [5.74, 6) is 0. The van der Waals surface area contributed by atoms with Gasteiger partial charge in [-0.05, 0) is 13.0 Å². The predicted octanol–water partition coefficient (Wildman–Crippen LogP) is 2.44. The zero-order valence-electron chi connectivity index (χ0n) is 7.02. The average Bonchev–Trinajstić information content (AvgIpc) is 2.02. The summed E-state index contributed by atoms with van der Waals surface area (Å²) < 4.78 is 24.9. The van der Waals surface area contributed by atoms with Gasteiger partial charge in [0.2, 0.25) is 0 Å². The average molecular weight is 207 g/mol. The van der Waals surface area contributed by atoms with Gasteiger partial charge in [0, 0.05) is 23.4 Å². The van der Waals surface area contributed by atoms with Crippen molar-refractivity contribution in [1.82, 2.24) is 4.98 Å². The fraction of sp³-hybridized carbons (Fsp3) is 0.375. The van der Waals surface area contributed by atoms with Gasteiger partial charge in [-0.1, -0.05) is 11.6 Å². The highest BCUT2D eigenvalue weighted by molar-refractivity contribution is 6.30. The maximum Gasteiger partial charge on any atom is 0.264 e. The summed E-state index contributed by atoms with van der Waals surface area (Å²) in [6, 6.07) is 1.30. The summed E-state index contributed by atoms with van der Waals surface area (Å²) in [6.45, 7) is 1.59. The van der Waals surface area contributed by atoms with E-state index in [-0.39, 0.29) is 22.8 Å². The number of aromatic nitrogens is 1. The monoisotopic (exact) mass is 206 g/mol. The quantitative estimate of drug-likeness (QED) is 0.755. The normalized spacial score (nSPS) is 10.9. The van der Waals surface area contributed by atoms with E-state index in [0.29, 0.717) is 5.69 Å². The van der Waals surface area contributed by atoms with Gasteiger partial charge in [-0.3, -0.25) is 0 Å². The van der Waals surface area contributed by atoms with Crippen molar-refractivity contribution in [3.05, 3.63) is 28.0 Å². The van der Waals surface area contributed by atoms with Crippen LogP contribution in [0.2, 0.25) is 5.15 Å². The van der Waals surface area contributed by atoms with Crippen molar-refractivity contribution in [2.24, 2.45) is 5.73 Å². The van der Waals surface area contributed by atoms with Gasteiger partial charge in [-0.15, -0.1) is 0 Å². The van der Waals surface area contributed by atoms with Crippen molar-refractivity contribution in [3.63, 3.8) is 0 Å². The molecule has 5 heteroatoms. The number of rotatable bonds is 2. The third-order valence-corrected chi connectivity index (χ3v) is 1.99. The molecule has 0 aliphatic rings. The third-order valence-electron chi connectivity index (χ3n) is 1.68. The SMILES string of the molecule is Cc1cc(C(F)F)c(CN)c(Cl)n1. The maximum absolute atomic E-state index is 12.4. The van der Waals surface area contributed by atoms with Gasteiger partial charge in [0.15, 0.2) is 0 Å². The smallest absolute Gasteiger partial charge is 0.264 e. The minimum absolute atomic E-state index is 0.0220. The number of nitrogens with two attached hydrogens (primary N) is 1. The molecule has 1 aromatic heterocycles. The molecule has 0 aromatic carbocycles. The van der Waals surface area contributed by atoms with Crippen LogP contribution >= 0.6 is 11.6 Å². The van der Waals surface area contributed by atoms with Crippen LogP contribution in [0.3, 0.4) is 0 Å². The van der Waals surface area contributed by atoms with E-state index in [1.54, 1.807) is 6.92 Å². The van der Waals surface area contributed by atoms with E-state index >= 15 is 0 Å². The van der Waals surface area contributed by atoms with Crippen molar-refractivity contribution < 1.29 is 8.78 Å². The third kappa shape index (κ3) is 2.14. The largest absolute Gasteiger partial charge is 0.326 e. The van der Waals surface area contributed by atoms with Crippen LogP contribution in [0.5, 0.6) is 0 Å². The number of hydrogen-bond donors (Lipinski definition) is 1. The highest BCUT2D eigenvalue weighted by atomic mass is 35.5. The first-order valence-electron chi connectivity index (χ1n) is 3.70. The molecule has 2 N–H and O–H groups in total. The number of nitrogens with zero attached hydrogens (tertiary/aromatic N) is 1. The van der Waals surface area contributed by atoms with Crippen LogP contribution in [0.15, 0.2) is 6.07 Å². The standard InChI is InChI=1S/C8H9ClF2N2/c1-4-2-5(8(10)11)6(3-12)7(9)13-4/h2,8H,3,12H2,1H3. The molecule has 72 valence electrons. The zero-order chi connectivity index (χ0) is 10.0. The molecule has 0 radical (unpaired) electrons. The van der Waals surface area contributed by atoms with Crippen molar-refractivity contribution in [2.75, 3.05) is 0 Å². The van der Waals surface area contributed by atoms with Crippen molar-refractivity contribution in [2.45, 2.75) is 19.9 Å². The summed E-state index contributed by atoms with van der Waals surface area (Å²) in [5.41, 5.74) is 5.85. The lowest BCUT2D eigenvalue weighted by Gasteiger charge is -2.09. The molecule has 1 aromatic rings. The fourth-order valence-electron chi connectivity index (χ4n) is 1.08. The predicted molar refractivity (Wildman–Crippen MR) is 46.8 cm³/mol. The number of halogens is 3. The second-order valence-electron chi connectivity index (χ2n) is 2.63. The molecule has 13 heavy (non-hydrogen) atoms. The highest BCUT2D eigenvalue weighted by Gasteiger charge is 2.16. The number of hydrogen-bond acceptors (Lipinski definition) is 2. The van der Waals surface area contributed by atoms with Crippen molar-refractivity contribution in [3.8, 4) is 0 Å². The second-order valence-corrected chi connectivity index (χ2v) is 2.99. The summed E-state index contributed by atoms with van der Waals surface area (Å²) in [7, 11) is 0. The molecular formula is C8H9ClF2N2. The van der Waals surface area contributed by atoms with Crippen LogP contribution in [0, 0.1) is 6.92 Å². The first-order chi connectivity index (χ1) is 6.06. The van der Waals surface area contributed by atoms with E-state index in [4.69, 9.17) is 17.3 Å².